The quantitative estimate of drug-likeness (QED) is 0.671. The Morgan fingerprint density at radius 1 is 1.29 bits per heavy atom. The molecule has 6 nitrogen and oxygen atoms in total. The van der Waals surface area contributed by atoms with Crippen molar-refractivity contribution in [3.63, 3.8) is 0 Å². The number of aliphatic imine (C=N–C) groups is 1. The zero-order valence-electron chi connectivity index (χ0n) is 13.3. The molecule has 2 aromatic rings. The standard InChI is InChI=1S/C18H17N5O/c1-19-16-7-6-12(11-21-16)15(24)10-17-22-14-5-3-2-4-13(14)18-20-8-9-23(17)18/h2-7,10-11,22H,8-9H2,1H3,(H,19,21). The Kier molecular flexibility index (Phi) is 3.49. The molecule has 0 unspecified atom stereocenters. The number of allylic oxidation sites excluding steroid dienone is 1. The van der Waals surface area contributed by atoms with Crippen LogP contribution >= 0.6 is 0 Å². The summed E-state index contributed by atoms with van der Waals surface area (Å²) in [5.74, 6) is 2.33. The Balaban J connectivity index is 1.67. The fraction of sp³-hybridized carbons (Fsp3) is 0.167. The number of pyridine rings is 1. The van der Waals surface area contributed by atoms with Crippen molar-refractivity contribution < 1.29 is 4.79 Å². The van der Waals surface area contributed by atoms with E-state index in [-0.39, 0.29) is 5.78 Å². The van der Waals surface area contributed by atoms with Crippen molar-refractivity contribution in [1.29, 1.82) is 0 Å². The molecule has 0 radical (unpaired) electrons. The molecule has 4 rings (SSSR count). The van der Waals surface area contributed by atoms with Gasteiger partial charge in [-0.3, -0.25) is 9.79 Å². The van der Waals surface area contributed by atoms with Crippen LogP contribution in [0.25, 0.3) is 0 Å². The molecule has 2 aliphatic rings. The normalized spacial score (nSPS) is 17.0. The summed E-state index contributed by atoms with van der Waals surface area (Å²) >= 11 is 0. The molecule has 0 aliphatic carbocycles. The van der Waals surface area contributed by atoms with Crippen LogP contribution in [0.4, 0.5) is 11.5 Å². The molecule has 0 saturated heterocycles. The average molecular weight is 319 g/mol. The summed E-state index contributed by atoms with van der Waals surface area (Å²) in [6.45, 7) is 1.50. The fourth-order valence-electron chi connectivity index (χ4n) is 2.91. The van der Waals surface area contributed by atoms with Crippen molar-refractivity contribution in [1.82, 2.24) is 9.88 Å². The molecule has 0 saturated carbocycles. The smallest absolute Gasteiger partial charge is 0.191 e. The first-order valence-electron chi connectivity index (χ1n) is 7.84. The predicted molar refractivity (Wildman–Crippen MR) is 94.4 cm³/mol. The third-order valence-electron chi connectivity index (χ3n) is 4.13. The third kappa shape index (κ3) is 2.42. The van der Waals surface area contributed by atoms with Gasteiger partial charge < -0.3 is 15.5 Å². The molecule has 0 fully saturated rings. The van der Waals surface area contributed by atoms with E-state index in [0.29, 0.717) is 5.56 Å². The summed E-state index contributed by atoms with van der Waals surface area (Å²) in [4.78, 5) is 23.4. The lowest BCUT2D eigenvalue weighted by Crippen LogP contribution is -2.36. The maximum absolute atomic E-state index is 12.6. The van der Waals surface area contributed by atoms with E-state index < -0.39 is 0 Å². The highest BCUT2D eigenvalue weighted by molar-refractivity contribution is 6.10. The van der Waals surface area contributed by atoms with Gasteiger partial charge in [-0.1, -0.05) is 12.1 Å². The molecule has 2 N–H and O–H groups in total. The van der Waals surface area contributed by atoms with Gasteiger partial charge in [-0.2, -0.15) is 0 Å². The van der Waals surface area contributed by atoms with Gasteiger partial charge in [0, 0.05) is 37.0 Å². The maximum atomic E-state index is 12.6. The number of para-hydroxylation sites is 1. The highest BCUT2D eigenvalue weighted by atomic mass is 16.1. The number of anilines is 2. The van der Waals surface area contributed by atoms with Gasteiger partial charge >= 0.3 is 0 Å². The van der Waals surface area contributed by atoms with E-state index in [0.717, 1.165) is 41.8 Å². The van der Waals surface area contributed by atoms with Crippen molar-refractivity contribution in [3.05, 3.63) is 65.6 Å². The molecule has 1 aromatic carbocycles. The van der Waals surface area contributed by atoms with Crippen molar-refractivity contribution in [2.24, 2.45) is 4.99 Å². The van der Waals surface area contributed by atoms with Gasteiger partial charge in [0.1, 0.15) is 17.5 Å². The second kappa shape index (κ2) is 5.81. The number of carbonyl (C=O) groups excluding carboxylic acids is 1. The van der Waals surface area contributed by atoms with Crippen LogP contribution in [-0.2, 0) is 0 Å². The van der Waals surface area contributed by atoms with Gasteiger partial charge in [-0.25, -0.2) is 4.98 Å². The lowest BCUT2D eigenvalue weighted by molar-refractivity contribution is 0.104. The molecular weight excluding hydrogens is 302 g/mol. The molecular formula is C18H17N5O. The van der Waals surface area contributed by atoms with Gasteiger partial charge in [0.15, 0.2) is 5.78 Å². The van der Waals surface area contributed by atoms with Crippen LogP contribution in [-0.4, -0.2) is 41.6 Å². The number of rotatable bonds is 3. The maximum Gasteiger partial charge on any atom is 0.191 e. The van der Waals surface area contributed by atoms with Crippen LogP contribution in [0.5, 0.6) is 0 Å². The number of fused-ring (bicyclic) bond motifs is 3. The molecule has 120 valence electrons. The van der Waals surface area contributed by atoms with Crippen LogP contribution in [0.3, 0.4) is 0 Å². The molecule has 24 heavy (non-hydrogen) atoms. The number of aromatic nitrogens is 1. The molecule has 3 heterocycles. The van der Waals surface area contributed by atoms with E-state index in [9.17, 15) is 4.79 Å². The topological polar surface area (TPSA) is 69.6 Å². The highest BCUT2D eigenvalue weighted by Crippen LogP contribution is 2.29. The van der Waals surface area contributed by atoms with Crippen molar-refractivity contribution in [3.8, 4) is 0 Å². The molecule has 0 atom stereocenters. The summed E-state index contributed by atoms with van der Waals surface area (Å²) in [5.41, 5.74) is 2.59. The Labute approximate surface area is 139 Å². The largest absolute Gasteiger partial charge is 0.373 e. The minimum absolute atomic E-state index is 0.0849. The van der Waals surface area contributed by atoms with E-state index in [1.165, 1.54) is 0 Å². The number of nitrogens with one attached hydrogen (secondary N) is 2. The van der Waals surface area contributed by atoms with E-state index in [4.69, 9.17) is 0 Å². The van der Waals surface area contributed by atoms with Crippen LogP contribution < -0.4 is 10.6 Å². The van der Waals surface area contributed by atoms with Crippen LogP contribution in [0, 0.1) is 0 Å². The lowest BCUT2D eigenvalue weighted by atomic mass is 10.1. The Hall–Kier alpha value is -3.15. The van der Waals surface area contributed by atoms with Gasteiger partial charge in [0.05, 0.1) is 12.2 Å². The highest BCUT2D eigenvalue weighted by Gasteiger charge is 2.29. The first-order chi connectivity index (χ1) is 11.8. The molecule has 2 aliphatic heterocycles. The van der Waals surface area contributed by atoms with E-state index >= 15 is 0 Å². The molecule has 1 aromatic heterocycles. The fourth-order valence-corrected chi connectivity index (χ4v) is 2.91. The van der Waals surface area contributed by atoms with Gasteiger partial charge in [-0.15, -0.1) is 0 Å². The first-order valence-corrected chi connectivity index (χ1v) is 7.84. The molecule has 0 spiro atoms. The summed E-state index contributed by atoms with van der Waals surface area (Å²) in [6.07, 6.45) is 3.20. The lowest BCUT2D eigenvalue weighted by Gasteiger charge is -2.31. The predicted octanol–water partition coefficient (Wildman–Crippen LogP) is 2.34. The van der Waals surface area contributed by atoms with Crippen molar-refractivity contribution >= 4 is 23.1 Å². The second-order valence-corrected chi connectivity index (χ2v) is 5.60. The molecule has 0 bridgehead atoms. The average Bonchev–Trinajstić information content (AvgIpc) is 3.12. The van der Waals surface area contributed by atoms with Crippen LogP contribution in [0.15, 0.2) is 59.5 Å². The van der Waals surface area contributed by atoms with Gasteiger partial charge in [0.25, 0.3) is 0 Å². The summed E-state index contributed by atoms with van der Waals surface area (Å²) in [7, 11) is 1.80. The number of carbonyl (C=O) groups is 1. The van der Waals surface area contributed by atoms with E-state index in [2.05, 4.69) is 25.5 Å². The van der Waals surface area contributed by atoms with Crippen molar-refractivity contribution in [2.45, 2.75) is 0 Å². The number of nitrogens with zero attached hydrogens (tertiary/aromatic N) is 3. The zero-order chi connectivity index (χ0) is 16.5. The van der Waals surface area contributed by atoms with Crippen LogP contribution in [0.1, 0.15) is 15.9 Å². The summed E-state index contributed by atoms with van der Waals surface area (Å²) < 4.78 is 0. The number of hydrogen-bond acceptors (Lipinski definition) is 6. The van der Waals surface area contributed by atoms with Gasteiger partial charge in [-0.05, 0) is 24.3 Å². The Morgan fingerprint density at radius 2 is 2.17 bits per heavy atom. The summed E-state index contributed by atoms with van der Waals surface area (Å²) in [6, 6.07) is 11.6. The minimum atomic E-state index is -0.0849. The number of amidine groups is 1. The SMILES string of the molecule is CNc1ccc(C(=O)C=C2Nc3ccccc3C3=NCCN23)cn1. The van der Waals surface area contributed by atoms with Crippen LogP contribution in [0.2, 0.25) is 0 Å². The Bertz CT molecular complexity index is 854. The van der Waals surface area contributed by atoms with E-state index in [1.54, 1.807) is 31.5 Å². The summed E-state index contributed by atoms with van der Waals surface area (Å²) in [5, 5.41) is 6.29. The second-order valence-electron chi connectivity index (χ2n) is 5.60. The van der Waals surface area contributed by atoms with Gasteiger partial charge in [0.2, 0.25) is 0 Å². The molecule has 0 amide bonds. The third-order valence-corrected chi connectivity index (χ3v) is 4.13. The molecule has 6 heteroatoms. The first kappa shape index (κ1) is 14.4. The van der Waals surface area contributed by atoms with Crippen molar-refractivity contribution in [2.75, 3.05) is 30.8 Å². The number of benzene rings is 1. The minimum Gasteiger partial charge on any atom is -0.373 e. The number of hydrogen-bond donors (Lipinski definition) is 2. The zero-order valence-corrected chi connectivity index (χ0v) is 13.3. The monoisotopic (exact) mass is 319 g/mol. The Morgan fingerprint density at radius 3 is 2.96 bits per heavy atom. The number of ketones is 1. The van der Waals surface area contributed by atoms with E-state index in [1.807, 2.05) is 24.3 Å².